The summed E-state index contributed by atoms with van der Waals surface area (Å²) in [5.41, 5.74) is 1.34. The summed E-state index contributed by atoms with van der Waals surface area (Å²) in [5, 5.41) is 5.53. The zero-order chi connectivity index (χ0) is 16.4. The Labute approximate surface area is 134 Å². The molecule has 1 unspecified atom stereocenters. The monoisotopic (exact) mass is 316 g/mol. The molecule has 0 saturated carbocycles. The third-order valence-corrected chi connectivity index (χ3v) is 4.23. The third kappa shape index (κ3) is 3.13. The van der Waals surface area contributed by atoms with Gasteiger partial charge >= 0.3 is 6.03 Å². The fourth-order valence-corrected chi connectivity index (χ4v) is 2.96. The van der Waals surface area contributed by atoms with Gasteiger partial charge in [0, 0.05) is 49.9 Å². The molecule has 0 spiro atoms. The number of rotatable bonds is 2. The van der Waals surface area contributed by atoms with Crippen molar-refractivity contribution in [2.24, 2.45) is 0 Å². The highest BCUT2D eigenvalue weighted by Crippen LogP contribution is 2.19. The Balaban J connectivity index is 1.74. The molecule has 4 amide bonds. The van der Waals surface area contributed by atoms with Gasteiger partial charge in [0.05, 0.1) is 0 Å². The maximum absolute atomic E-state index is 12.7. The van der Waals surface area contributed by atoms with Crippen LogP contribution in [0.4, 0.5) is 10.5 Å². The van der Waals surface area contributed by atoms with Crippen LogP contribution in [0.25, 0.3) is 0 Å². The van der Waals surface area contributed by atoms with Crippen LogP contribution in [-0.2, 0) is 4.79 Å². The number of nitrogens with one attached hydrogen (secondary N) is 2. The number of benzene rings is 1. The molecule has 1 aromatic carbocycles. The molecular formula is C16H20N4O3. The quantitative estimate of drug-likeness (QED) is 0.837. The van der Waals surface area contributed by atoms with Crippen LogP contribution in [0.15, 0.2) is 24.3 Å². The molecule has 0 aliphatic carbocycles. The van der Waals surface area contributed by atoms with Crippen molar-refractivity contribution in [2.75, 3.05) is 31.1 Å². The highest BCUT2D eigenvalue weighted by molar-refractivity contribution is 5.97. The van der Waals surface area contributed by atoms with Gasteiger partial charge in [0.2, 0.25) is 5.91 Å². The summed E-state index contributed by atoms with van der Waals surface area (Å²) < 4.78 is 0. The summed E-state index contributed by atoms with van der Waals surface area (Å²) in [6.45, 7) is 4.11. The second-order valence-corrected chi connectivity index (χ2v) is 5.83. The Morgan fingerprint density at radius 2 is 1.78 bits per heavy atom. The van der Waals surface area contributed by atoms with Gasteiger partial charge in [-0.2, -0.15) is 0 Å². The molecule has 3 rings (SSSR count). The van der Waals surface area contributed by atoms with E-state index in [-0.39, 0.29) is 23.9 Å². The van der Waals surface area contributed by atoms with E-state index in [1.807, 2.05) is 6.92 Å². The SMILES string of the molecule is CC1CC(=O)NCCN1C(=O)c1ccc(N2CCNC2=O)cc1. The molecule has 0 radical (unpaired) electrons. The summed E-state index contributed by atoms with van der Waals surface area (Å²) in [7, 11) is 0. The van der Waals surface area contributed by atoms with E-state index in [0.29, 0.717) is 38.2 Å². The number of hydrogen-bond acceptors (Lipinski definition) is 3. The minimum atomic E-state index is -0.131. The molecule has 7 heteroatoms. The lowest BCUT2D eigenvalue weighted by molar-refractivity contribution is -0.121. The Bertz CT molecular complexity index is 629. The molecule has 1 atom stereocenters. The normalized spacial score (nSPS) is 21.7. The standard InChI is InChI=1S/C16H20N4O3/c1-11-10-14(21)17-6-8-19(11)15(22)12-2-4-13(5-3-12)20-9-7-18-16(20)23/h2-5,11H,6-10H2,1H3,(H,17,21)(H,18,23). The molecule has 0 aromatic heterocycles. The summed E-state index contributed by atoms with van der Waals surface area (Å²) >= 11 is 0. The second kappa shape index (κ2) is 6.28. The average molecular weight is 316 g/mol. The lowest BCUT2D eigenvalue weighted by atomic mass is 10.1. The van der Waals surface area contributed by atoms with Crippen LogP contribution in [0.1, 0.15) is 23.7 Å². The molecule has 2 aliphatic rings. The van der Waals surface area contributed by atoms with Crippen molar-refractivity contribution in [3.8, 4) is 0 Å². The molecule has 2 aliphatic heterocycles. The largest absolute Gasteiger partial charge is 0.354 e. The van der Waals surface area contributed by atoms with E-state index in [4.69, 9.17) is 0 Å². The Morgan fingerprint density at radius 1 is 1.09 bits per heavy atom. The number of urea groups is 1. The fraction of sp³-hybridized carbons (Fsp3) is 0.438. The van der Waals surface area contributed by atoms with Gasteiger partial charge in [0.25, 0.3) is 5.91 Å². The summed E-state index contributed by atoms with van der Waals surface area (Å²) in [4.78, 5) is 39.2. The molecule has 1 aromatic rings. The molecule has 2 saturated heterocycles. The van der Waals surface area contributed by atoms with Gasteiger partial charge in [-0.1, -0.05) is 0 Å². The van der Waals surface area contributed by atoms with E-state index in [2.05, 4.69) is 10.6 Å². The predicted molar refractivity (Wildman–Crippen MR) is 85.3 cm³/mol. The zero-order valence-corrected chi connectivity index (χ0v) is 13.0. The van der Waals surface area contributed by atoms with Crippen molar-refractivity contribution >= 4 is 23.5 Å². The van der Waals surface area contributed by atoms with Crippen molar-refractivity contribution in [1.82, 2.24) is 15.5 Å². The molecular weight excluding hydrogens is 296 g/mol. The highest BCUT2D eigenvalue weighted by atomic mass is 16.2. The smallest absolute Gasteiger partial charge is 0.321 e. The Hall–Kier alpha value is -2.57. The predicted octanol–water partition coefficient (Wildman–Crippen LogP) is 0.567. The van der Waals surface area contributed by atoms with Crippen LogP contribution >= 0.6 is 0 Å². The van der Waals surface area contributed by atoms with Crippen molar-refractivity contribution in [3.05, 3.63) is 29.8 Å². The zero-order valence-electron chi connectivity index (χ0n) is 13.0. The number of carbonyl (C=O) groups is 3. The first kappa shape index (κ1) is 15.3. The van der Waals surface area contributed by atoms with Crippen molar-refractivity contribution in [1.29, 1.82) is 0 Å². The third-order valence-electron chi connectivity index (χ3n) is 4.23. The summed E-state index contributed by atoms with van der Waals surface area (Å²) in [6, 6.07) is 6.78. The first-order valence-electron chi connectivity index (χ1n) is 7.79. The first-order valence-corrected chi connectivity index (χ1v) is 7.79. The van der Waals surface area contributed by atoms with Gasteiger partial charge in [-0.3, -0.25) is 14.5 Å². The number of hydrogen-bond donors (Lipinski definition) is 2. The fourth-order valence-electron chi connectivity index (χ4n) is 2.96. The van der Waals surface area contributed by atoms with E-state index in [1.165, 1.54) is 0 Å². The lowest BCUT2D eigenvalue weighted by Gasteiger charge is -2.26. The van der Waals surface area contributed by atoms with E-state index in [0.717, 1.165) is 5.69 Å². The van der Waals surface area contributed by atoms with E-state index in [1.54, 1.807) is 34.1 Å². The number of amides is 4. The van der Waals surface area contributed by atoms with Crippen LogP contribution in [0, 0.1) is 0 Å². The van der Waals surface area contributed by atoms with Crippen molar-refractivity contribution < 1.29 is 14.4 Å². The second-order valence-electron chi connectivity index (χ2n) is 5.83. The van der Waals surface area contributed by atoms with E-state index in [9.17, 15) is 14.4 Å². The molecule has 0 bridgehead atoms. The van der Waals surface area contributed by atoms with Gasteiger partial charge in [0.15, 0.2) is 0 Å². The van der Waals surface area contributed by atoms with Crippen LogP contribution in [0.3, 0.4) is 0 Å². The first-order chi connectivity index (χ1) is 11.1. The highest BCUT2D eigenvalue weighted by Gasteiger charge is 2.26. The molecule has 23 heavy (non-hydrogen) atoms. The van der Waals surface area contributed by atoms with Crippen LogP contribution in [-0.4, -0.2) is 55.0 Å². The number of carbonyl (C=O) groups excluding carboxylic acids is 3. The summed E-state index contributed by atoms with van der Waals surface area (Å²) in [5.74, 6) is -0.116. The van der Waals surface area contributed by atoms with Crippen molar-refractivity contribution in [3.63, 3.8) is 0 Å². The molecule has 122 valence electrons. The van der Waals surface area contributed by atoms with Gasteiger partial charge in [-0.05, 0) is 31.2 Å². The minimum Gasteiger partial charge on any atom is -0.354 e. The maximum atomic E-state index is 12.7. The number of anilines is 1. The lowest BCUT2D eigenvalue weighted by Crippen LogP contribution is -2.39. The van der Waals surface area contributed by atoms with E-state index >= 15 is 0 Å². The minimum absolute atomic E-state index is 0.0248. The topological polar surface area (TPSA) is 81.8 Å². The summed E-state index contributed by atoms with van der Waals surface area (Å²) in [6.07, 6.45) is 0.317. The van der Waals surface area contributed by atoms with Crippen LogP contribution in [0.2, 0.25) is 0 Å². The molecule has 2 heterocycles. The van der Waals surface area contributed by atoms with Gasteiger partial charge < -0.3 is 15.5 Å². The van der Waals surface area contributed by atoms with Gasteiger partial charge in [-0.15, -0.1) is 0 Å². The number of nitrogens with zero attached hydrogens (tertiary/aromatic N) is 2. The van der Waals surface area contributed by atoms with Crippen LogP contribution < -0.4 is 15.5 Å². The Morgan fingerprint density at radius 3 is 2.43 bits per heavy atom. The Kier molecular flexibility index (Phi) is 4.18. The van der Waals surface area contributed by atoms with Crippen molar-refractivity contribution in [2.45, 2.75) is 19.4 Å². The molecule has 7 nitrogen and oxygen atoms in total. The van der Waals surface area contributed by atoms with E-state index < -0.39 is 0 Å². The van der Waals surface area contributed by atoms with Gasteiger partial charge in [-0.25, -0.2) is 4.79 Å². The van der Waals surface area contributed by atoms with Crippen LogP contribution in [0.5, 0.6) is 0 Å². The van der Waals surface area contributed by atoms with Gasteiger partial charge in [0.1, 0.15) is 0 Å². The maximum Gasteiger partial charge on any atom is 0.321 e. The average Bonchev–Trinajstić information content (AvgIpc) is 2.89. The molecule has 2 N–H and O–H groups in total. The molecule has 2 fully saturated rings.